The molecule has 2 heterocycles. The lowest BCUT2D eigenvalue weighted by Crippen LogP contribution is -2.64. The van der Waals surface area contributed by atoms with Crippen molar-refractivity contribution in [1.29, 1.82) is 0 Å². The van der Waals surface area contributed by atoms with E-state index in [9.17, 15) is 38.7 Å². The second-order valence-electron chi connectivity index (χ2n) is 10.7. The maximum atomic E-state index is 13.5. The van der Waals surface area contributed by atoms with Gasteiger partial charge in [-0.1, -0.05) is 0 Å². The molecule has 1 saturated heterocycles. The Kier molecular flexibility index (Phi) is 15.2. The van der Waals surface area contributed by atoms with E-state index in [2.05, 4.69) is 42.2 Å². The van der Waals surface area contributed by atoms with Crippen LogP contribution in [-0.4, -0.2) is 122 Å². The third-order valence-electron chi connectivity index (χ3n) is 6.90. The number of nitrogens with two attached hydrogens (primary N) is 5. The SMILES string of the molecule is NCCCC(N)CC(=O)NCC1NC(=O)C(CO)NC(=O)C(N)CNC(=O)C(C2CCN=C(N)N2)NC(=O)/C(=C\NC(N)=O)NC1=O. The van der Waals surface area contributed by atoms with Crippen LogP contribution >= 0.6 is 0 Å². The first kappa shape index (κ1) is 38.1. The lowest BCUT2D eigenvalue weighted by molar-refractivity contribution is -0.134. The van der Waals surface area contributed by atoms with Gasteiger partial charge in [0, 0.05) is 38.3 Å². The first-order chi connectivity index (χ1) is 22.2. The summed E-state index contributed by atoms with van der Waals surface area (Å²) >= 11 is 0. The van der Waals surface area contributed by atoms with Gasteiger partial charge in [0.05, 0.1) is 12.6 Å². The Bertz CT molecular complexity index is 1240. The zero-order valence-electron chi connectivity index (χ0n) is 25.5. The number of primary amides is 1. The van der Waals surface area contributed by atoms with Crippen molar-refractivity contribution >= 4 is 47.4 Å². The highest BCUT2D eigenvalue weighted by Gasteiger charge is 2.35. The molecule has 47 heavy (non-hydrogen) atoms. The predicted octanol–water partition coefficient (Wildman–Crippen LogP) is -8.23. The average Bonchev–Trinajstić information content (AvgIpc) is 3.02. The molecule has 22 heteroatoms. The first-order valence-electron chi connectivity index (χ1n) is 14.7. The number of nitrogens with one attached hydrogen (secondary N) is 8. The number of aliphatic hydroxyl groups is 1. The van der Waals surface area contributed by atoms with E-state index in [1.54, 1.807) is 0 Å². The van der Waals surface area contributed by atoms with Gasteiger partial charge in [-0.25, -0.2) is 4.79 Å². The minimum atomic E-state index is -1.63. The van der Waals surface area contributed by atoms with Gasteiger partial charge in [-0.15, -0.1) is 0 Å². The second kappa shape index (κ2) is 18.8. The summed E-state index contributed by atoms with van der Waals surface area (Å²) in [5, 5.41) is 28.7. The summed E-state index contributed by atoms with van der Waals surface area (Å²) in [6, 6.07) is -8.54. The summed E-state index contributed by atoms with van der Waals surface area (Å²) < 4.78 is 0. The summed E-state index contributed by atoms with van der Waals surface area (Å²) in [5.74, 6) is -5.62. The van der Waals surface area contributed by atoms with Gasteiger partial charge in [-0.3, -0.25) is 33.8 Å². The molecule has 0 aromatic rings. The molecule has 0 saturated carbocycles. The largest absolute Gasteiger partial charge is 0.394 e. The highest BCUT2D eigenvalue weighted by Crippen LogP contribution is 2.07. The number of aliphatic imine (C=N–C) groups is 1. The van der Waals surface area contributed by atoms with Crippen LogP contribution in [0.15, 0.2) is 16.9 Å². The van der Waals surface area contributed by atoms with Crippen molar-refractivity contribution in [1.82, 2.24) is 42.5 Å². The van der Waals surface area contributed by atoms with Crippen molar-refractivity contribution in [3.05, 3.63) is 11.9 Å². The van der Waals surface area contributed by atoms with Gasteiger partial charge in [0.1, 0.15) is 29.9 Å². The van der Waals surface area contributed by atoms with Crippen LogP contribution in [-0.2, 0) is 28.8 Å². The number of carbonyl (C=O) groups is 7. The Morgan fingerprint density at radius 3 is 2.36 bits per heavy atom. The van der Waals surface area contributed by atoms with Gasteiger partial charge in [0.2, 0.25) is 29.5 Å². The van der Waals surface area contributed by atoms with Crippen molar-refractivity contribution in [2.24, 2.45) is 33.7 Å². The number of rotatable bonds is 10. The summed E-state index contributed by atoms with van der Waals surface area (Å²) in [4.78, 5) is 93.9. The number of carbonyl (C=O) groups excluding carboxylic acids is 7. The monoisotopic (exact) mass is 668 g/mol. The summed E-state index contributed by atoms with van der Waals surface area (Å²) in [7, 11) is 0. The minimum Gasteiger partial charge on any atom is -0.394 e. The fraction of sp³-hybridized carbons (Fsp3) is 0.600. The van der Waals surface area contributed by atoms with E-state index in [1.165, 1.54) is 0 Å². The van der Waals surface area contributed by atoms with Gasteiger partial charge < -0.3 is 76.3 Å². The number of hydrogen-bond donors (Lipinski definition) is 14. The van der Waals surface area contributed by atoms with E-state index in [1.807, 2.05) is 5.32 Å². The van der Waals surface area contributed by atoms with Crippen LogP contribution in [0, 0.1) is 0 Å². The molecule has 22 nitrogen and oxygen atoms in total. The summed E-state index contributed by atoms with van der Waals surface area (Å²) in [6.07, 6.45) is 1.86. The van der Waals surface area contributed by atoms with Gasteiger partial charge in [0.25, 0.3) is 5.91 Å². The molecule has 0 aromatic heterocycles. The van der Waals surface area contributed by atoms with Crippen molar-refractivity contribution < 1.29 is 38.7 Å². The molecular formula is C25H44N14O8. The number of amides is 8. The standard InChI is InChI=1S/C25H44N14O8/c26-4-1-2-11(27)6-17(41)32-8-14-20(43)35-15(9-34-25(30)47)21(44)39-18(13-3-5-31-24(29)38-13)23(46)33-7-12(28)19(42)37-16(10-40)22(45)36-14/h9,11-14,16,18,40H,1-8,10,26-28H2,(H,32,41)(H,33,46)(H,35,43)(H,36,45)(H,37,42)(H,39,44)(H3,29,31,38)(H3,30,34,47)/b15-9+. The van der Waals surface area contributed by atoms with Gasteiger partial charge in [0.15, 0.2) is 5.96 Å². The Labute approximate surface area is 269 Å². The normalized spacial score (nSPS) is 26.3. The van der Waals surface area contributed by atoms with Gasteiger partial charge in [-0.05, 0) is 25.8 Å². The third-order valence-corrected chi connectivity index (χ3v) is 6.90. The van der Waals surface area contributed by atoms with Crippen LogP contribution in [0.4, 0.5) is 4.79 Å². The molecule has 2 aliphatic rings. The molecule has 1 fully saturated rings. The summed E-state index contributed by atoms with van der Waals surface area (Å²) in [5.41, 5.74) is 27.6. The van der Waals surface area contributed by atoms with Crippen LogP contribution in [0.5, 0.6) is 0 Å². The number of aliphatic hydroxyl groups excluding tert-OH is 1. The Hall–Kier alpha value is -5.06. The molecule has 262 valence electrons. The third kappa shape index (κ3) is 12.7. The van der Waals surface area contributed by atoms with Crippen LogP contribution in [0.3, 0.4) is 0 Å². The maximum absolute atomic E-state index is 13.5. The molecule has 0 aliphatic carbocycles. The number of urea groups is 1. The van der Waals surface area contributed by atoms with Crippen molar-refractivity contribution in [2.45, 2.75) is 61.9 Å². The van der Waals surface area contributed by atoms with E-state index in [4.69, 9.17) is 28.7 Å². The smallest absolute Gasteiger partial charge is 0.316 e. The van der Waals surface area contributed by atoms with Crippen molar-refractivity contribution in [2.75, 3.05) is 32.8 Å². The number of guanidine groups is 1. The lowest BCUT2D eigenvalue weighted by Gasteiger charge is -2.31. The Morgan fingerprint density at radius 2 is 1.72 bits per heavy atom. The molecule has 19 N–H and O–H groups in total. The van der Waals surface area contributed by atoms with Crippen LogP contribution in [0.1, 0.15) is 25.7 Å². The summed E-state index contributed by atoms with van der Waals surface area (Å²) in [6.45, 7) is -1.36. The van der Waals surface area contributed by atoms with E-state index in [0.29, 0.717) is 19.4 Å². The fourth-order valence-electron chi connectivity index (χ4n) is 4.35. The molecule has 2 aliphatic heterocycles. The molecule has 0 spiro atoms. The number of nitrogens with zero attached hydrogens (tertiary/aromatic N) is 1. The zero-order chi connectivity index (χ0) is 35.1. The van der Waals surface area contributed by atoms with Gasteiger partial charge in [-0.2, -0.15) is 0 Å². The molecule has 2 rings (SSSR count). The topological polar surface area (TPSA) is 378 Å². The molecule has 8 amide bonds. The average molecular weight is 669 g/mol. The highest BCUT2D eigenvalue weighted by molar-refractivity contribution is 6.02. The Morgan fingerprint density at radius 1 is 1.02 bits per heavy atom. The maximum Gasteiger partial charge on any atom is 0.316 e. The molecule has 6 atom stereocenters. The Balaban J connectivity index is 2.45. The molecule has 6 unspecified atom stereocenters. The highest BCUT2D eigenvalue weighted by atomic mass is 16.3. The van der Waals surface area contributed by atoms with Crippen molar-refractivity contribution in [3.63, 3.8) is 0 Å². The molecule has 0 radical (unpaired) electrons. The van der Waals surface area contributed by atoms with E-state index in [0.717, 1.165) is 6.20 Å². The zero-order valence-corrected chi connectivity index (χ0v) is 25.5. The van der Waals surface area contributed by atoms with Crippen LogP contribution in [0.2, 0.25) is 0 Å². The van der Waals surface area contributed by atoms with Crippen LogP contribution in [0.25, 0.3) is 0 Å². The first-order valence-corrected chi connectivity index (χ1v) is 14.7. The fourth-order valence-corrected chi connectivity index (χ4v) is 4.35. The quantitative estimate of drug-likeness (QED) is 0.0963. The van der Waals surface area contributed by atoms with Crippen LogP contribution < -0.4 is 71.2 Å². The molecular weight excluding hydrogens is 624 g/mol. The number of hydrogen-bond acceptors (Lipinski definition) is 14. The lowest BCUT2D eigenvalue weighted by atomic mass is 10.0. The molecule has 0 bridgehead atoms. The molecule has 0 aromatic carbocycles. The minimum absolute atomic E-state index is 0.0120. The predicted molar refractivity (Wildman–Crippen MR) is 165 cm³/mol. The van der Waals surface area contributed by atoms with Crippen molar-refractivity contribution in [3.8, 4) is 0 Å². The van der Waals surface area contributed by atoms with E-state index >= 15 is 0 Å². The van der Waals surface area contributed by atoms with E-state index < -0.39 is 103 Å². The van der Waals surface area contributed by atoms with Gasteiger partial charge >= 0.3 is 6.03 Å². The van der Waals surface area contributed by atoms with E-state index in [-0.39, 0.29) is 25.3 Å². The second-order valence-corrected chi connectivity index (χ2v) is 10.7.